The van der Waals surface area contributed by atoms with Gasteiger partial charge in [0.1, 0.15) is 6.61 Å². The maximum absolute atomic E-state index is 12.8. The summed E-state index contributed by atoms with van der Waals surface area (Å²) in [6, 6.07) is 16.9. The first-order valence-corrected chi connectivity index (χ1v) is 10.4. The van der Waals surface area contributed by atoms with E-state index in [1.165, 1.54) is 16.8 Å². The molecule has 1 aliphatic carbocycles. The second kappa shape index (κ2) is 7.47. The van der Waals surface area contributed by atoms with Crippen LogP contribution < -0.4 is 10.2 Å². The molecule has 28 heavy (non-hydrogen) atoms. The largest absolute Gasteiger partial charge is 0.445 e. The maximum Gasteiger partial charge on any atom is 0.410 e. The molecule has 2 bridgehead atoms. The van der Waals surface area contributed by atoms with Gasteiger partial charge in [-0.15, -0.1) is 0 Å². The predicted molar refractivity (Wildman–Crippen MR) is 110 cm³/mol. The van der Waals surface area contributed by atoms with Crippen LogP contribution >= 0.6 is 0 Å². The van der Waals surface area contributed by atoms with E-state index in [0.29, 0.717) is 12.5 Å². The van der Waals surface area contributed by atoms with Gasteiger partial charge >= 0.3 is 6.09 Å². The van der Waals surface area contributed by atoms with E-state index in [9.17, 15) is 4.79 Å². The van der Waals surface area contributed by atoms with Crippen molar-refractivity contribution >= 4 is 11.8 Å². The highest BCUT2D eigenvalue weighted by molar-refractivity contribution is 5.70. The smallest absolute Gasteiger partial charge is 0.410 e. The van der Waals surface area contributed by atoms with E-state index in [2.05, 4.69) is 28.4 Å². The van der Waals surface area contributed by atoms with E-state index in [-0.39, 0.29) is 12.1 Å². The Kier molecular flexibility index (Phi) is 4.69. The molecule has 2 atom stereocenters. The number of piperidine rings is 1. The Morgan fingerprint density at radius 3 is 2.68 bits per heavy atom. The number of nitrogens with one attached hydrogen (secondary N) is 1. The van der Waals surface area contributed by atoms with Gasteiger partial charge in [0, 0.05) is 38.4 Å². The normalized spacial score (nSPS) is 23.4. The fraction of sp³-hybridized carbons (Fsp3) is 0.435. The topological polar surface area (TPSA) is 44.8 Å². The molecular formula is C23H27N3O2. The number of carbonyl (C=O) groups excluding carboxylic acids is 1. The van der Waals surface area contributed by atoms with Gasteiger partial charge in [0.05, 0.1) is 6.04 Å². The number of piperazine rings is 1. The van der Waals surface area contributed by atoms with Crippen molar-refractivity contribution in [1.82, 2.24) is 10.2 Å². The van der Waals surface area contributed by atoms with Crippen LogP contribution in [-0.4, -0.2) is 43.7 Å². The summed E-state index contributed by atoms with van der Waals surface area (Å²) in [6.45, 7) is 5.33. The van der Waals surface area contributed by atoms with E-state index < -0.39 is 0 Å². The number of ether oxygens (including phenoxy) is 1. The Morgan fingerprint density at radius 2 is 1.86 bits per heavy atom. The van der Waals surface area contributed by atoms with Crippen LogP contribution in [0.5, 0.6) is 0 Å². The molecule has 5 heteroatoms. The fourth-order valence-corrected chi connectivity index (χ4v) is 4.90. The van der Waals surface area contributed by atoms with Gasteiger partial charge in [-0.3, -0.25) is 0 Å². The van der Waals surface area contributed by atoms with E-state index in [4.69, 9.17) is 4.74 Å². The molecule has 2 heterocycles. The van der Waals surface area contributed by atoms with Gasteiger partial charge in [0.15, 0.2) is 0 Å². The van der Waals surface area contributed by atoms with Crippen molar-refractivity contribution < 1.29 is 9.53 Å². The molecule has 1 amide bonds. The zero-order valence-electron chi connectivity index (χ0n) is 16.1. The quantitative estimate of drug-likeness (QED) is 0.887. The molecule has 5 rings (SSSR count). The molecule has 5 nitrogen and oxygen atoms in total. The highest BCUT2D eigenvalue weighted by atomic mass is 16.6. The van der Waals surface area contributed by atoms with Crippen molar-refractivity contribution in [3.8, 4) is 0 Å². The molecule has 146 valence electrons. The number of carbonyl (C=O) groups is 1. The number of hydrogen-bond acceptors (Lipinski definition) is 4. The fourth-order valence-electron chi connectivity index (χ4n) is 4.90. The van der Waals surface area contributed by atoms with Crippen LogP contribution in [0.3, 0.4) is 0 Å². The van der Waals surface area contributed by atoms with Crippen LogP contribution in [0.25, 0.3) is 0 Å². The van der Waals surface area contributed by atoms with E-state index >= 15 is 0 Å². The summed E-state index contributed by atoms with van der Waals surface area (Å²) in [5.41, 5.74) is 5.11. The molecular weight excluding hydrogens is 350 g/mol. The predicted octanol–water partition coefficient (Wildman–Crippen LogP) is 3.67. The molecule has 2 fully saturated rings. The third-order valence-corrected chi connectivity index (χ3v) is 6.39. The molecule has 2 aromatic carbocycles. The summed E-state index contributed by atoms with van der Waals surface area (Å²) in [7, 11) is 0. The van der Waals surface area contributed by atoms with Crippen LogP contribution in [0.2, 0.25) is 0 Å². The lowest BCUT2D eigenvalue weighted by Crippen LogP contribution is -2.43. The van der Waals surface area contributed by atoms with Gasteiger partial charge in [-0.25, -0.2) is 4.79 Å². The molecule has 3 aliphatic rings. The summed E-state index contributed by atoms with van der Waals surface area (Å²) < 4.78 is 5.62. The number of benzene rings is 2. The van der Waals surface area contributed by atoms with Crippen molar-refractivity contribution in [3.05, 3.63) is 65.2 Å². The van der Waals surface area contributed by atoms with Crippen molar-refractivity contribution in [2.24, 2.45) is 0 Å². The van der Waals surface area contributed by atoms with Crippen LogP contribution in [0.4, 0.5) is 10.5 Å². The lowest BCUT2D eigenvalue weighted by molar-refractivity contribution is 0.0694. The first-order chi connectivity index (χ1) is 13.8. The molecule has 2 aromatic rings. The highest BCUT2D eigenvalue weighted by Gasteiger charge is 2.41. The van der Waals surface area contributed by atoms with Gasteiger partial charge in [-0.05, 0) is 47.6 Å². The average molecular weight is 377 g/mol. The van der Waals surface area contributed by atoms with Gasteiger partial charge in [-0.1, -0.05) is 36.4 Å². The monoisotopic (exact) mass is 377 g/mol. The molecule has 0 aromatic heterocycles. The minimum absolute atomic E-state index is 0.161. The first-order valence-electron chi connectivity index (χ1n) is 10.4. The SMILES string of the molecule is O=C(OCc1ccccc1)N1CC[C@@H]2C[C@H]1c1ccc(N3CCNCC3)cc12. The number of rotatable bonds is 3. The zero-order valence-corrected chi connectivity index (χ0v) is 16.1. The lowest BCUT2D eigenvalue weighted by Gasteiger charge is -2.32. The maximum atomic E-state index is 12.8. The van der Waals surface area contributed by atoms with Crippen molar-refractivity contribution in [1.29, 1.82) is 0 Å². The van der Waals surface area contributed by atoms with Crippen molar-refractivity contribution in [2.75, 3.05) is 37.6 Å². The summed E-state index contributed by atoms with van der Waals surface area (Å²) in [4.78, 5) is 17.2. The zero-order chi connectivity index (χ0) is 18.9. The standard InChI is InChI=1S/C23H27N3O2/c27-23(28-16-17-4-2-1-3-5-17)26-11-8-18-14-22(26)20-7-6-19(15-21(18)20)25-12-9-24-10-13-25/h1-7,15,18,22,24H,8-14,16H2/t18-,22+/m1/s1. The van der Waals surface area contributed by atoms with Crippen molar-refractivity contribution in [2.45, 2.75) is 31.4 Å². The Bertz CT molecular complexity index is 848. The Balaban J connectivity index is 1.31. The summed E-state index contributed by atoms with van der Waals surface area (Å²) in [6.07, 6.45) is 1.86. The number of nitrogens with zero attached hydrogens (tertiary/aromatic N) is 2. The minimum Gasteiger partial charge on any atom is -0.445 e. The average Bonchev–Trinajstić information content (AvgIpc) is 3.05. The third-order valence-electron chi connectivity index (χ3n) is 6.39. The number of anilines is 1. The Labute approximate surface area is 166 Å². The molecule has 0 unspecified atom stereocenters. The van der Waals surface area contributed by atoms with Gasteiger partial charge in [-0.2, -0.15) is 0 Å². The highest BCUT2D eigenvalue weighted by Crippen LogP contribution is 2.50. The number of hydrogen-bond donors (Lipinski definition) is 1. The first kappa shape index (κ1) is 17.6. The second-order valence-electron chi connectivity index (χ2n) is 8.02. The number of likely N-dealkylation sites (tertiary alicyclic amines) is 1. The molecule has 0 saturated carbocycles. The van der Waals surface area contributed by atoms with Gasteiger partial charge in [0.25, 0.3) is 0 Å². The summed E-state index contributed by atoms with van der Waals surface area (Å²) in [5.74, 6) is 0.570. The third kappa shape index (κ3) is 3.24. The van der Waals surface area contributed by atoms with E-state index in [1.807, 2.05) is 35.2 Å². The minimum atomic E-state index is -0.189. The Hall–Kier alpha value is -2.53. The molecule has 1 N–H and O–H groups in total. The number of amides is 1. The molecule has 0 spiro atoms. The Morgan fingerprint density at radius 1 is 1.04 bits per heavy atom. The molecule has 2 aliphatic heterocycles. The number of fused-ring (bicyclic) bond motifs is 5. The van der Waals surface area contributed by atoms with E-state index in [1.54, 1.807) is 0 Å². The lowest BCUT2D eigenvalue weighted by atomic mass is 9.95. The van der Waals surface area contributed by atoms with Crippen LogP contribution in [0.1, 0.15) is 41.5 Å². The van der Waals surface area contributed by atoms with Crippen LogP contribution in [0.15, 0.2) is 48.5 Å². The van der Waals surface area contributed by atoms with Crippen LogP contribution in [-0.2, 0) is 11.3 Å². The van der Waals surface area contributed by atoms with Gasteiger partial charge in [0.2, 0.25) is 0 Å². The summed E-state index contributed by atoms with van der Waals surface area (Å²) >= 11 is 0. The van der Waals surface area contributed by atoms with E-state index in [0.717, 1.165) is 51.1 Å². The summed E-state index contributed by atoms with van der Waals surface area (Å²) in [5, 5.41) is 3.42. The van der Waals surface area contributed by atoms with Crippen molar-refractivity contribution in [3.63, 3.8) is 0 Å². The van der Waals surface area contributed by atoms with Crippen LogP contribution in [0, 0.1) is 0 Å². The van der Waals surface area contributed by atoms with Gasteiger partial charge < -0.3 is 19.9 Å². The molecule has 0 radical (unpaired) electrons. The second-order valence-corrected chi connectivity index (χ2v) is 8.02. The molecule has 2 saturated heterocycles.